The van der Waals surface area contributed by atoms with Crippen LogP contribution in [0.5, 0.6) is 5.75 Å². The maximum Gasteiger partial charge on any atom is 0.499 e. The molecule has 0 atom stereocenters. The molecule has 0 unspecified atom stereocenters. The highest BCUT2D eigenvalue weighted by Crippen LogP contribution is 2.37. The van der Waals surface area contributed by atoms with E-state index in [1.807, 2.05) is 27.7 Å². The summed E-state index contributed by atoms with van der Waals surface area (Å²) in [4.78, 5) is 11.2. The Bertz CT molecular complexity index is 480. The molecule has 0 saturated carbocycles. The Labute approximate surface area is 114 Å². The van der Waals surface area contributed by atoms with Crippen LogP contribution in [-0.4, -0.2) is 31.7 Å². The topological polar surface area (TPSA) is 44.8 Å². The van der Waals surface area contributed by atoms with Crippen molar-refractivity contribution >= 4 is 18.9 Å². The predicted molar refractivity (Wildman–Crippen MR) is 74.1 cm³/mol. The van der Waals surface area contributed by atoms with Gasteiger partial charge < -0.3 is 14.0 Å². The Hall–Kier alpha value is -1.33. The van der Waals surface area contributed by atoms with Gasteiger partial charge in [-0.3, -0.25) is 4.79 Å². The minimum absolute atomic E-state index is 0.446. The molecule has 0 aromatic heterocycles. The first-order chi connectivity index (χ1) is 8.82. The van der Waals surface area contributed by atoms with E-state index >= 15 is 0 Å². The smallest absolute Gasteiger partial charge is 0.497 e. The van der Waals surface area contributed by atoms with Gasteiger partial charge in [0.15, 0.2) is 0 Å². The lowest BCUT2D eigenvalue weighted by Gasteiger charge is -2.32. The zero-order chi connectivity index (χ0) is 14.3. The van der Waals surface area contributed by atoms with Crippen molar-refractivity contribution in [2.24, 2.45) is 0 Å². The third kappa shape index (κ3) is 2.28. The first-order valence-electron chi connectivity index (χ1n) is 6.30. The second-order valence-corrected chi connectivity index (χ2v) is 5.67. The fraction of sp³-hybridized carbons (Fsp3) is 0.500. The molecule has 0 aliphatic carbocycles. The second kappa shape index (κ2) is 4.65. The van der Waals surface area contributed by atoms with E-state index in [0.717, 1.165) is 6.29 Å². The van der Waals surface area contributed by atoms with E-state index < -0.39 is 18.3 Å². The molecule has 1 aromatic rings. The highest BCUT2D eigenvalue weighted by Gasteiger charge is 2.53. The van der Waals surface area contributed by atoms with Gasteiger partial charge in [-0.25, -0.2) is 0 Å². The predicted octanol–water partition coefficient (Wildman–Crippen LogP) is 1.81. The Morgan fingerprint density at radius 3 is 2.21 bits per heavy atom. The van der Waals surface area contributed by atoms with E-state index in [2.05, 4.69) is 0 Å². The lowest BCUT2D eigenvalue weighted by atomic mass is 9.75. The molecule has 0 bridgehead atoms. The van der Waals surface area contributed by atoms with Crippen molar-refractivity contribution in [1.82, 2.24) is 0 Å². The van der Waals surface area contributed by atoms with Gasteiger partial charge in [-0.05, 0) is 33.8 Å². The minimum Gasteiger partial charge on any atom is -0.497 e. The molecule has 0 amide bonds. The van der Waals surface area contributed by atoms with Gasteiger partial charge in [0.1, 0.15) is 12.0 Å². The van der Waals surface area contributed by atoms with Gasteiger partial charge in [0.05, 0.1) is 18.3 Å². The number of rotatable bonds is 3. The molecule has 1 aliphatic rings. The molecule has 0 radical (unpaired) electrons. The third-order valence-electron chi connectivity index (χ3n) is 3.94. The summed E-state index contributed by atoms with van der Waals surface area (Å²) < 4.78 is 17.3. The average Bonchev–Trinajstić information content (AvgIpc) is 2.57. The number of benzene rings is 1. The standard InChI is InChI=1S/C14H19BO4/c1-13(2)14(3,4)19-15(18-13)12-10(9-16)7-6-8-11(12)17-5/h6-9H,1-5H3. The molecular formula is C14H19BO4. The largest absolute Gasteiger partial charge is 0.499 e. The first-order valence-corrected chi connectivity index (χ1v) is 6.30. The van der Waals surface area contributed by atoms with Crippen molar-refractivity contribution in [3.05, 3.63) is 23.8 Å². The molecule has 102 valence electrons. The lowest BCUT2D eigenvalue weighted by molar-refractivity contribution is 0.00578. The zero-order valence-electron chi connectivity index (χ0n) is 12.0. The maximum absolute atomic E-state index is 11.2. The van der Waals surface area contributed by atoms with E-state index in [9.17, 15) is 4.79 Å². The Morgan fingerprint density at radius 1 is 1.16 bits per heavy atom. The van der Waals surface area contributed by atoms with E-state index in [0.29, 0.717) is 16.8 Å². The van der Waals surface area contributed by atoms with Crippen LogP contribution in [0.1, 0.15) is 38.1 Å². The molecule has 4 nitrogen and oxygen atoms in total. The molecule has 1 heterocycles. The number of ether oxygens (including phenoxy) is 1. The molecule has 19 heavy (non-hydrogen) atoms. The van der Waals surface area contributed by atoms with Crippen molar-refractivity contribution in [2.45, 2.75) is 38.9 Å². The van der Waals surface area contributed by atoms with Gasteiger partial charge in [0.25, 0.3) is 0 Å². The number of hydrogen-bond donors (Lipinski definition) is 0. The summed E-state index contributed by atoms with van der Waals surface area (Å²) in [6, 6.07) is 5.31. The van der Waals surface area contributed by atoms with E-state index in [1.165, 1.54) is 0 Å². The van der Waals surface area contributed by atoms with Crippen LogP contribution in [-0.2, 0) is 9.31 Å². The quantitative estimate of drug-likeness (QED) is 0.615. The molecule has 1 aliphatic heterocycles. The average molecular weight is 262 g/mol. The zero-order valence-corrected chi connectivity index (χ0v) is 12.0. The van der Waals surface area contributed by atoms with E-state index in [1.54, 1.807) is 25.3 Å². The Balaban J connectivity index is 2.47. The number of aldehydes is 1. The summed E-state index contributed by atoms with van der Waals surface area (Å²) >= 11 is 0. The highest BCUT2D eigenvalue weighted by atomic mass is 16.7. The number of hydrogen-bond acceptors (Lipinski definition) is 4. The van der Waals surface area contributed by atoms with Crippen molar-refractivity contribution in [1.29, 1.82) is 0 Å². The Morgan fingerprint density at radius 2 is 1.74 bits per heavy atom. The molecule has 5 heteroatoms. The van der Waals surface area contributed by atoms with E-state index in [4.69, 9.17) is 14.0 Å². The summed E-state index contributed by atoms with van der Waals surface area (Å²) in [7, 11) is 0.972. The van der Waals surface area contributed by atoms with Gasteiger partial charge in [0, 0.05) is 11.0 Å². The molecule has 2 rings (SSSR count). The van der Waals surface area contributed by atoms with Crippen LogP contribution in [0, 0.1) is 0 Å². The summed E-state index contributed by atoms with van der Waals surface area (Å²) in [5.74, 6) is 0.600. The SMILES string of the molecule is COc1cccc(C=O)c1B1OC(C)(C)C(C)(C)O1. The first kappa shape index (κ1) is 14.1. The van der Waals surface area contributed by atoms with Gasteiger partial charge >= 0.3 is 7.12 Å². The van der Waals surface area contributed by atoms with Gasteiger partial charge in [-0.15, -0.1) is 0 Å². The molecular weight excluding hydrogens is 243 g/mol. The minimum atomic E-state index is -0.596. The van der Waals surface area contributed by atoms with Crippen LogP contribution >= 0.6 is 0 Å². The van der Waals surface area contributed by atoms with Gasteiger partial charge in [-0.2, -0.15) is 0 Å². The Kier molecular flexibility index (Phi) is 3.45. The molecule has 1 saturated heterocycles. The van der Waals surface area contributed by atoms with Crippen molar-refractivity contribution in [3.63, 3.8) is 0 Å². The number of carbonyl (C=O) groups excluding carboxylic acids is 1. The third-order valence-corrected chi connectivity index (χ3v) is 3.94. The summed E-state index contributed by atoms with van der Waals surface area (Å²) in [6.07, 6.45) is 0.795. The van der Waals surface area contributed by atoms with Gasteiger partial charge in [-0.1, -0.05) is 12.1 Å². The van der Waals surface area contributed by atoms with Crippen LogP contribution in [0.3, 0.4) is 0 Å². The summed E-state index contributed by atoms with van der Waals surface area (Å²) in [5.41, 5.74) is 0.286. The monoisotopic (exact) mass is 262 g/mol. The summed E-state index contributed by atoms with van der Waals surface area (Å²) in [6.45, 7) is 7.90. The number of carbonyl (C=O) groups is 1. The fourth-order valence-electron chi connectivity index (χ4n) is 2.05. The molecule has 0 N–H and O–H groups in total. The van der Waals surface area contributed by atoms with Crippen molar-refractivity contribution in [3.8, 4) is 5.75 Å². The van der Waals surface area contributed by atoms with Crippen LogP contribution in [0.4, 0.5) is 0 Å². The van der Waals surface area contributed by atoms with Crippen molar-refractivity contribution < 1.29 is 18.8 Å². The lowest BCUT2D eigenvalue weighted by Crippen LogP contribution is -2.41. The maximum atomic E-state index is 11.2. The van der Waals surface area contributed by atoms with Gasteiger partial charge in [0.2, 0.25) is 0 Å². The van der Waals surface area contributed by atoms with Crippen LogP contribution in [0.25, 0.3) is 0 Å². The fourth-order valence-corrected chi connectivity index (χ4v) is 2.05. The number of methoxy groups -OCH3 is 1. The van der Waals surface area contributed by atoms with Crippen LogP contribution in [0.15, 0.2) is 18.2 Å². The van der Waals surface area contributed by atoms with Crippen LogP contribution < -0.4 is 10.2 Å². The summed E-state index contributed by atoms with van der Waals surface area (Å²) in [5, 5.41) is 0. The molecule has 0 spiro atoms. The van der Waals surface area contributed by atoms with Crippen molar-refractivity contribution in [2.75, 3.05) is 7.11 Å². The molecule has 1 fully saturated rings. The van der Waals surface area contributed by atoms with Crippen LogP contribution in [0.2, 0.25) is 0 Å². The molecule has 1 aromatic carbocycles. The normalized spacial score (nSPS) is 20.4. The highest BCUT2D eigenvalue weighted by molar-refractivity contribution is 6.64. The second-order valence-electron chi connectivity index (χ2n) is 5.67. The van der Waals surface area contributed by atoms with E-state index in [-0.39, 0.29) is 0 Å².